The maximum absolute atomic E-state index is 14.5. The molecule has 17 nitrogen and oxygen atoms in total. The first kappa shape index (κ1) is 59.0. The Balaban J connectivity index is 1.50. The highest BCUT2D eigenvalue weighted by Gasteiger charge is 2.53. The van der Waals surface area contributed by atoms with Crippen LogP contribution in [0.1, 0.15) is 138 Å². The normalized spacial score (nSPS) is 37.8. The predicted molar refractivity (Wildman–Crippen MR) is 269 cm³/mol. The number of hydrogen-bond donors (Lipinski definition) is 4. The SMILES string of the molecule is COC1CC(C[C@@H](C)[C@@H]2CC[C@H](C)/C=C(\C)C(O)[C@@H](OC)C(=O)C(C)C[C@H](C)/C=C/C=C/C=C(\C)C(NS(=O)(=O)c3cnoc3C)C[C@@H]3CCC(C)C(O)(O3)C(=O)C(=O)N3CCCCC3C(=O)O2)CC[C@H]1O. The summed E-state index contributed by atoms with van der Waals surface area (Å²) < 4.78 is 59.2. The number of ketones is 2. The first-order chi connectivity index (χ1) is 34.0. The van der Waals surface area contributed by atoms with Crippen LogP contribution in [0.5, 0.6) is 0 Å². The Hall–Kier alpha value is -3.88. The van der Waals surface area contributed by atoms with Crippen molar-refractivity contribution in [2.45, 2.75) is 198 Å². The number of Topliss-reactive ketones (excluding diaryl/α,β-unsaturated/α-hetero) is 2. The lowest BCUT2D eigenvalue weighted by atomic mass is 9.78. The van der Waals surface area contributed by atoms with Gasteiger partial charge in [0.25, 0.3) is 11.7 Å². The number of aromatic nitrogens is 1. The van der Waals surface area contributed by atoms with Crippen LogP contribution in [-0.2, 0) is 48.1 Å². The van der Waals surface area contributed by atoms with Crippen LogP contribution in [0.4, 0.5) is 0 Å². The second-order valence-corrected chi connectivity index (χ2v) is 23.1. The number of aliphatic hydroxyl groups excluding tert-OH is 2. The molecular formula is C54H83N3O14S. The molecule has 15 atom stereocenters. The number of rotatable bonds is 8. The van der Waals surface area contributed by atoms with E-state index in [1.54, 1.807) is 46.1 Å². The summed E-state index contributed by atoms with van der Waals surface area (Å²) in [6.07, 6.45) is 13.5. The molecule has 4 N–H and O–H groups in total. The Bertz CT molecular complexity index is 2240. The number of cyclic esters (lactones) is 1. The van der Waals surface area contributed by atoms with Crippen LogP contribution in [0.3, 0.4) is 0 Å². The standard InChI is InChI=1S/C54H83N3O14S/c1-32-16-12-11-13-17-34(3)42(56-72(65,66)47-31-55-71-39(47)8)30-41-22-20-38(7)54(64,70-41)51(61)52(62)57-25-15-14-18-43(57)53(63)69-45(35(4)28-40-21-23-44(58)46(29-40)67-9)24-19-33(2)27-37(6)49(60)50(68-10)48(59)36(5)26-32/h11-13,16-17,27,31-33,35-36,38,40-46,49-50,56,58,60,64H,14-15,18-26,28-30H2,1-10H3/b13-11+,16-12+,34-17+,37-27+/t32-,33+,35-,36?,38?,40?,41+,42?,43?,44-,45+,46?,49?,50+,54?/m1/s1. The molecule has 0 spiro atoms. The second-order valence-electron chi connectivity index (χ2n) is 21.4. The minimum atomic E-state index is -4.20. The van der Waals surface area contributed by atoms with E-state index in [4.69, 9.17) is 23.5 Å². The molecule has 1 aromatic heterocycles. The number of allylic oxidation sites excluding steroid dienone is 6. The molecule has 3 fully saturated rings. The summed E-state index contributed by atoms with van der Waals surface area (Å²) in [7, 11) is -1.20. The first-order valence-corrected chi connectivity index (χ1v) is 27.5. The minimum Gasteiger partial charge on any atom is -0.461 e. The maximum Gasteiger partial charge on any atom is 0.329 e. The summed E-state index contributed by atoms with van der Waals surface area (Å²) in [6.45, 7) is 14.5. The highest BCUT2D eigenvalue weighted by Crippen LogP contribution is 2.38. The number of ether oxygens (including phenoxy) is 4. The topological polar surface area (TPSA) is 241 Å². The number of carbonyl (C=O) groups excluding carboxylic acids is 4. The molecule has 5 rings (SSSR count). The molecule has 0 aromatic carbocycles. The van der Waals surface area contributed by atoms with E-state index in [2.05, 4.69) is 9.88 Å². The van der Waals surface area contributed by atoms with Crippen molar-refractivity contribution in [1.29, 1.82) is 0 Å². The number of sulfonamides is 1. The summed E-state index contributed by atoms with van der Waals surface area (Å²) in [4.78, 5) is 58.2. The number of methoxy groups -OCH3 is 2. The number of nitrogens with zero attached hydrogens (tertiary/aromatic N) is 2. The number of esters is 1. The van der Waals surface area contributed by atoms with Crippen molar-refractivity contribution >= 4 is 33.5 Å². The molecule has 0 radical (unpaired) electrons. The van der Waals surface area contributed by atoms with Crippen molar-refractivity contribution in [2.24, 2.45) is 35.5 Å². The van der Waals surface area contributed by atoms with Gasteiger partial charge in [-0.25, -0.2) is 17.9 Å². The molecule has 2 bridgehead atoms. The van der Waals surface area contributed by atoms with Gasteiger partial charge in [-0.15, -0.1) is 0 Å². The summed E-state index contributed by atoms with van der Waals surface area (Å²) in [6, 6.07) is -2.03. The third-order valence-electron chi connectivity index (χ3n) is 15.6. The van der Waals surface area contributed by atoms with E-state index in [1.165, 1.54) is 18.9 Å². The fourth-order valence-electron chi connectivity index (χ4n) is 11.0. The number of piperidine rings is 1. The minimum absolute atomic E-state index is 0.0222. The van der Waals surface area contributed by atoms with E-state index in [-0.39, 0.29) is 72.0 Å². The monoisotopic (exact) mass is 1030 g/mol. The Labute approximate surface area is 427 Å². The van der Waals surface area contributed by atoms with Gasteiger partial charge in [0.15, 0.2) is 11.5 Å². The molecule has 1 aliphatic carbocycles. The molecule has 4 heterocycles. The average Bonchev–Trinajstić information content (AvgIpc) is 3.80. The van der Waals surface area contributed by atoms with Crippen LogP contribution in [-0.4, -0.2) is 132 Å². The molecule has 18 heteroatoms. The molecule has 4 aliphatic rings. The zero-order chi connectivity index (χ0) is 53.1. The van der Waals surface area contributed by atoms with Crippen molar-refractivity contribution < 1.29 is 66.4 Å². The van der Waals surface area contributed by atoms with Crippen LogP contribution in [0.25, 0.3) is 0 Å². The van der Waals surface area contributed by atoms with Gasteiger partial charge >= 0.3 is 5.97 Å². The van der Waals surface area contributed by atoms with E-state index < -0.39 is 87.9 Å². The molecule has 72 heavy (non-hydrogen) atoms. The molecule has 404 valence electrons. The van der Waals surface area contributed by atoms with Gasteiger partial charge in [0.05, 0.1) is 24.5 Å². The Morgan fingerprint density at radius 2 is 1.61 bits per heavy atom. The largest absolute Gasteiger partial charge is 0.461 e. The van der Waals surface area contributed by atoms with Gasteiger partial charge in [0, 0.05) is 38.6 Å². The number of fused-ring (bicyclic) bond motifs is 3. The smallest absolute Gasteiger partial charge is 0.329 e. The molecule has 1 saturated carbocycles. The van der Waals surface area contributed by atoms with Crippen LogP contribution in [0.15, 0.2) is 63.2 Å². The second kappa shape index (κ2) is 26.6. The summed E-state index contributed by atoms with van der Waals surface area (Å²) in [5.41, 5.74) is 1.14. The van der Waals surface area contributed by atoms with Crippen molar-refractivity contribution in [1.82, 2.24) is 14.8 Å². The fourth-order valence-corrected chi connectivity index (χ4v) is 12.4. The maximum atomic E-state index is 14.5. The predicted octanol–water partition coefficient (Wildman–Crippen LogP) is 6.63. The number of aliphatic hydroxyl groups is 3. The zero-order valence-corrected chi connectivity index (χ0v) is 45.0. The summed E-state index contributed by atoms with van der Waals surface area (Å²) in [5, 5.41) is 37.9. The van der Waals surface area contributed by atoms with E-state index in [0.717, 1.165) is 12.6 Å². The van der Waals surface area contributed by atoms with Gasteiger partial charge < -0.3 is 43.7 Å². The van der Waals surface area contributed by atoms with Crippen molar-refractivity contribution in [3.05, 3.63) is 59.6 Å². The van der Waals surface area contributed by atoms with E-state index in [0.29, 0.717) is 68.9 Å². The van der Waals surface area contributed by atoms with Crippen LogP contribution in [0.2, 0.25) is 0 Å². The average molecular weight is 1030 g/mol. The van der Waals surface area contributed by atoms with Crippen LogP contribution in [0, 0.1) is 42.4 Å². The molecule has 8 unspecified atom stereocenters. The van der Waals surface area contributed by atoms with Gasteiger partial charge in [-0.2, -0.15) is 0 Å². The lowest BCUT2D eigenvalue weighted by Crippen LogP contribution is -2.61. The van der Waals surface area contributed by atoms with Crippen molar-refractivity contribution in [3.63, 3.8) is 0 Å². The van der Waals surface area contributed by atoms with Crippen LogP contribution >= 0.6 is 0 Å². The highest BCUT2D eigenvalue weighted by atomic mass is 32.2. The van der Waals surface area contributed by atoms with E-state index in [9.17, 15) is 42.9 Å². The Morgan fingerprint density at radius 3 is 2.29 bits per heavy atom. The first-order valence-electron chi connectivity index (χ1n) is 26.1. The summed E-state index contributed by atoms with van der Waals surface area (Å²) >= 11 is 0. The van der Waals surface area contributed by atoms with Gasteiger partial charge in [-0.05, 0) is 133 Å². The van der Waals surface area contributed by atoms with Gasteiger partial charge in [-0.1, -0.05) is 81.8 Å². The fraction of sp³-hybridized carbons (Fsp3) is 0.722. The van der Waals surface area contributed by atoms with Gasteiger partial charge in [0.1, 0.15) is 29.2 Å². The van der Waals surface area contributed by atoms with E-state index >= 15 is 0 Å². The van der Waals surface area contributed by atoms with Crippen molar-refractivity contribution in [2.75, 3.05) is 20.8 Å². The lowest BCUT2D eigenvalue weighted by molar-refractivity contribution is -0.264. The molecule has 3 aliphatic heterocycles. The number of amides is 1. The number of nitrogens with one attached hydrogen (secondary N) is 1. The quantitative estimate of drug-likeness (QED) is 0.121. The summed E-state index contributed by atoms with van der Waals surface area (Å²) in [5.74, 6) is -7.03. The Morgan fingerprint density at radius 1 is 0.875 bits per heavy atom. The third kappa shape index (κ3) is 15.1. The van der Waals surface area contributed by atoms with Crippen molar-refractivity contribution in [3.8, 4) is 0 Å². The number of aryl methyl sites for hydroxylation is 1. The third-order valence-corrected chi connectivity index (χ3v) is 17.1. The van der Waals surface area contributed by atoms with Gasteiger partial charge in [0.2, 0.25) is 15.8 Å². The molecular weight excluding hydrogens is 947 g/mol. The Kier molecular flexibility index (Phi) is 21.8. The van der Waals surface area contributed by atoms with E-state index in [1.807, 2.05) is 45.9 Å². The number of carbonyl (C=O) groups is 4. The van der Waals surface area contributed by atoms with Gasteiger partial charge in [-0.3, -0.25) is 14.4 Å². The molecule has 2 saturated heterocycles. The molecule has 1 aromatic rings. The number of hydrogen-bond acceptors (Lipinski definition) is 15. The van der Waals surface area contributed by atoms with Crippen LogP contribution < -0.4 is 4.72 Å². The molecule has 1 amide bonds. The zero-order valence-electron chi connectivity index (χ0n) is 44.2. The lowest BCUT2D eigenvalue weighted by Gasteiger charge is -2.43. The highest BCUT2D eigenvalue weighted by molar-refractivity contribution is 7.89.